The fourth-order valence-electron chi connectivity index (χ4n) is 1.95. The largest absolute Gasteiger partial charge is 0.319 e. The van der Waals surface area contributed by atoms with Crippen LogP contribution in [0.3, 0.4) is 0 Å². The highest BCUT2D eigenvalue weighted by molar-refractivity contribution is 5.22. The first-order valence-corrected chi connectivity index (χ1v) is 5.98. The lowest BCUT2D eigenvalue weighted by atomic mass is 9.99. The summed E-state index contributed by atoms with van der Waals surface area (Å²) >= 11 is 0. The summed E-state index contributed by atoms with van der Waals surface area (Å²) in [5.74, 6) is 0.715. The van der Waals surface area contributed by atoms with Crippen molar-refractivity contribution in [1.29, 1.82) is 0 Å². The maximum absolute atomic E-state index is 3.22. The molecule has 0 aromatic heterocycles. The van der Waals surface area contributed by atoms with E-state index in [1.165, 1.54) is 30.4 Å². The Bertz CT molecular complexity index is 263. The Morgan fingerprint density at radius 2 is 1.73 bits per heavy atom. The van der Waals surface area contributed by atoms with Gasteiger partial charge >= 0.3 is 0 Å². The van der Waals surface area contributed by atoms with Crippen LogP contribution < -0.4 is 5.32 Å². The number of hydrogen-bond donors (Lipinski definition) is 1. The van der Waals surface area contributed by atoms with Crippen LogP contribution in [0, 0.1) is 5.92 Å². The third kappa shape index (κ3) is 4.48. The summed E-state index contributed by atoms with van der Waals surface area (Å²) in [6.45, 7) is 5.61. The van der Waals surface area contributed by atoms with Gasteiger partial charge in [-0.25, -0.2) is 0 Å². The van der Waals surface area contributed by atoms with E-state index >= 15 is 0 Å². The monoisotopic (exact) mass is 205 g/mol. The molecule has 1 aromatic rings. The van der Waals surface area contributed by atoms with Crippen molar-refractivity contribution in [2.75, 3.05) is 13.6 Å². The minimum Gasteiger partial charge on any atom is -0.319 e. The molecule has 0 heterocycles. The fraction of sp³-hybridized carbons (Fsp3) is 0.571. The second-order valence-corrected chi connectivity index (χ2v) is 4.43. The maximum atomic E-state index is 3.22. The Morgan fingerprint density at radius 3 is 2.27 bits per heavy atom. The Morgan fingerprint density at radius 1 is 1.13 bits per heavy atom. The van der Waals surface area contributed by atoms with Crippen molar-refractivity contribution in [3.63, 3.8) is 0 Å². The molecular weight excluding hydrogens is 182 g/mol. The highest BCUT2D eigenvalue weighted by Gasteiger charge is 2.02. The van der Waals surface area contributed by atoms with Gasteiger partial charge in [0.25, 0.3) is 0 Å². The number of rotatable bonds is 6. The Kier molecular flexibility index (Phi) is 5.41. The van der Waals surface area contributed by atoms with Gasteiger partial charge in [0.2, 0.25) is 0 Å². The molecule has 0 saturated heterocycles. The fourth-order valence-corrected chi connectivity index (χ4v) is 1.95. The minimum absolute atomic E-state index is 0.715. The lowest BCUT2D eigenvalue weighted by molar-refractivity contribution is 0.542. The molecule has 0 amide bonds. The predicted molar refractivity (Wildman–Crippen MR) is 67.2 cm³/mol. The van der Waals surface area contributed by atoms with Gasteiger partial charge in [-0.1, -0.05) is 44.5 Å². The zero-order valence-electron chi connectivity index (χ0n) is 10.2. The SMILES string of the molecule is CCCc1ccc(CC(C)CNC)cc1. The van der Waals surface area contributed by atoms with E-state index in [1.54, 1.807) is 0 Å². The molecule has 0 aliphatic heterocycles. The predicted octanol–water partition coefficient (Wildman–Crippen LogP) is 3.04. The van der Waals surface area contributed by atoms with Crippen LogP contribution >= 0.6 is 0 Å². The first-order chi connectivity index (χ1) is 7.26. The Balaban J connectivity index is 2.48. The van der Waals surface area contributed by atoms with E-state index in [1.807, 2.05) is 7.05 Å². The molecular formula is C14H23N. The topological polar surface area (TPSA) is 12.0 Å². The van der Waals surface area contributed by atoms with Gasteiger partial charge in [0, 0.05) is 0 Å². The molecule has 84 valence electrons. The van der Waals surface area contributed by atoms with Crippen LogP contribution in [0.4, 0.5) is 0 Å². The molecule has 0 radical (unpaired) electrons. The molecule has 1 rings (SSSR count). The van der Waals surface area contributed by atoms with Gasteiger partial charge in [0.15, 0.2) is 0 Å². The van der Waals surface area contributed by atoms with Gasteiger partial charge in [-0.15, -0.1) is 0 Å². The molecule has 0 aliphatic rings. The number of aryl methyl sites for hydroxylation is 1. The second kappa shape index (κ2) is 6.62. The maximum Gasteiger partial charge on any atom is -0.00230 e. The first kappa shape index (κ1) is 12.3. The Labute approximate surface area is 93.9 Å². The van der Waals surface area contributed by atoms with E-state index in [2.05, 4.69) is 43.4 Å². The molecule has 1 atom stereocenters. The molecule has 1 aromatic carbocycles. The van der Waals surface area contributed by atoms with Crippen molar-refractivity contribution in [2.45, 2.75) is 33.1 Å². The molecule has 1 nitrogen and oxygen atoms in total. The van der Waals surface area contributed by atoms with Crippen LogP contribution in [0.15, 0.2) is 24.3 Å². The minimum atomic E-state index is 0.715. The van der Waals surface area contributed by atoms with Crippen LogP contribution in [0.1, 0.15) is 31.4 Å². The summed E-state index contributed by atoms with van der Waals surface area (Å²) in [5.41, 5.74) is 2.92. The number of benzene rings is 1. The molecule has 1 N–H and O–H groups in total. The second-order valence-electron chi connectivity index (χ2n) is 4.43. The van der Waals surface area contributed by atoms with E-state index in [0.29, 0.717) is 5.92 Å². The van der Waals surface area contributed by atoms with Gasteiger partial charge in [-0.3, -0.25) is 0 Å². The van der Waals surface area contributed by atoms with Crippen molar-refractivity contribution in [3.05, 3.63) is 35.4 Å². The van der Waals surface area contributed by atoms with Crippen LogP contribution in [-0.4, -0.2) is 13.6 Å². The number of nitrogens with one attached hydrogen (secondary N) is 1. The summed E-state index contributed by atoms with van der Waals surface area (Å²) < 4.78 is 0. The van der Waals surface area contributed by atoms with Crippen LogP contribution in [-0.2, 0) is 12.8 Å². The lowest BCUT2D eigenvalue weighted by Crippen LogP contribution is -2.17. The average Bonchev–Trinajstić information content (AvgIpc) is 2.22. The number of hydrogen-bond acceptors (Lipinski definition) is 1. The highest BCUT2D eigenvalue weighted by atomic mass is 14.8. The van der Waals surface area contributed by atoms with E-state index in [9.17, 15) is 0 Å². The molecule has 1 heteroatoms. The average molecular weight is 205 g/mol. The quantitative estimate of drug-likeness (QED) is 0.752. The van der Waals surface area contributed by atoms with Crippen molar-refractivity contribution in [1.82, 2.24) is 5.32 Å². The summed E-state index contributed by atoms with van der Waals surface area (Å²) in [6, 6.07) is 9.09. The molecule has 0 fully saturated rings. The van der Waals surface area contributed by atoms with Crippen LogP contribution in [0.25, 0.3) is 0 Å². The van der Waals surface area contributed by atoms with Gasteiger partial charge in [0.05, 0.1) is 0 Å². The van der Waals surface area contributed by atoms with E-state index < -0.39 is 0 Å². The molecule has 15 heavy (non-hydrogen) atoms. The highest BCUT2D eigenvalue weighted by Crippen LogP contribution is 2.10. The molecule has 0 spiro atoms. The molecule has 0 bridgehead atoms. The summed E-state index contributed by atoms with van der Waals surface area (Å²) in [7, 11) is 2.01. The molecule has 0 aliphatic carbocycles. The third-order valence-electron chi connectivity index (χ3n) is 2.70. The van der Waals surface area contributed by atoms with Crippen LogP contribution in [0.5, 0.6) is 0 Å². The summed E-state index contributed by atoms with van der Waals surface area (Å²) in [6.07, 6.45) is 3.61. The van der Waals surface area contributed by atoms with Crippen molar-refractivity contribution >= 4 is 0 Å². The third-order valence-corrected chi connectivity index (χ3v) is 2.70. The Hall–Kier alpha value is -0.820. The lowest BCUT2D eigenvalue weighted by Gasteiger charge is -2.10. The zero-order valence-corrected chi connectivity index (χ0v) is 10.2. The van der Waals surface area contributed by atoms with Gasteiger partial charge in [0.1, 0.15) is 0 Å². The van der Waals surface area contributed by atoms with Crippen LogP contribution in [0.2, 0.25) is 0 Å². The van der Waals surface area contributed by atoms with Crippen molar-refractivity contribution < 1.29 is 0 Å². The summed E-state index contributed by atoms with van der Waals surface area (Å²) in [4.78, 5) is 0. The zero-order chi connectivity index (χ0) is 11.1. The van der Waals surface area contributed by atoms with E-state index in [4.69, 9.17) is 0 Å². The standard InChI is InChI=1S/C14H23N/c1-4-5-13-6-8-14(9-7-13)10-12(2)11-15-3/h6-9,12,15H,4-5,10-11H2,1-3H3. The summed E-state index contributed by atoms with van der Waals surface area (Å²) in [5, 5.41) is 3.22. The van der Waals surface area contributed by atoms with Gasteiger partial charge in [-0.05, 0) is 43.5 Å². The van der Waals surface area contributed by atoms with Crippen molar-refractivity contribution in [3.8, 4) is 0 Å². The first-order valence-electron chi connectivity index (χ1n) is 5.98. The van der Waals surface area contributed by atoms with E-state index in [-0.39, 0.29) is 0 Å². The van der Waals surface area contributed by atoms with Gasteiger partial charge in [-0.2, -0.15) is 0 Å². The molecule has 0 saturated carbocycles. The normalized spacial score (nSPS) is 12.7. The van der Waals surface area contributed by atoms with Crippen molar-refractivity contribution in [2.24, 2.45) is 5.92 Å². The van der Waals surface area contributed by atoms with Gasteiger partial charge < -0.3 is 5.32 Å². The molecule has 1 unspecified atom stereocenters. The smallest absolute Gasteiger partial charge is 0.00230 e. The van der Waals surface area contributed by atoms with E-state index in [0.717, 1.165) is 6.54 Å².